The second-order valence-corrected chi connectivity index (χ2v) is 5.31. The van der Waals surface area contributed by atoms with Crippen LogP contribution in [0.5, 0.6) is 0 Å². The highest BCUT2D eigenvalue weighted by molar-refractivity contribution is 6.32. The van der Waals surface area contributed by atoms with Gasteiger partial charge in [0.1, 0.15) is 5.92 Å². The van der Waals surface area contributed by atoms with Crippen molar-refractivity contribution in [2.45, 2.75) is 12.8 Å². The number of hydrogen-bond acceptors (Lipinski definition) is 2. The zero-order valence-electron chi connectivity index (χ0n) is 10.7. The molecule has 2 aromatic carbocycles. The van der Waals surface area contributed by atoms with E-state index in [1.807, 2.05) is 13.0 Å². The van der Waals surface area contributed by atoms with Gasteiger partial charge in [0.05, 0.1) is 6.07 Å². The first-order valence-electron chi connectivity index (χ1n) is 5.98. The molecule has 100 valence electrons. The van der Waals surface area contributed by atoms with Crippen LogP contribution in [0.15, 0.2) is 42.5 Å². The quantitative estimate of drug-likeness (QED) is 0.765. The Morgan fingerprint density at radius 2 is 1.90 bits per heavy atom. The van der Waals surface area contributed by atoms with Gasteiger partial charge in [0.2, 0.25) is 0 Å². The van der Waals surface area contributed by atoms with Crippen molar-refractivity contribution in [2.75, 3.05) is 0 Å². The number of ketones is 1. The molecule has 2 nitrogen and oxygen atoms in total. The van der Waals surface area contributed by atoms with Crippen LogP contribution in [0.25, 0.3) is 0 Å². The summed E-state index contributed by atoms with van der Waals surface area (Å²) in [7, 11) is 0. The summed E-state index contributed by atoms with van der Waals surface area (Å²) in [5.41, 5.74) is 1.80. The van der Waals surface area contributed by atoms with E-state index in [0.717, 1.165) is 5.56 Å². The maximum absolute atomic E-state index is 12.5. The Bertz CT molecular complexity index is 684. The van der Waals surface area contributed by atoms with E-state index >= 15 is 0 Å². The van der Waals surface area contributed by atoms with Crippen LogP contribution in [0.3, 0.4) is 0 Å². The van der Waals surface area contributed by atoms with Crippen LogP contribution in [-0.2, 0) is 0 Å². The van der Waals surface area contributed by atoms with Gasteiger partial charge < -0.3 is 0 Å². The fourth-order valence-electron chi connectivity index (χ4n) is 2.02. The van der Waals surface area contributed by atoms with E-state index < -0.39 is 5.92 Å². The van der Waals surface area contributed by atoms with Crippen molar-refractivity contribution in [3.05, 3.63) is 69.2 Å². The number of hydrogen-bond donors (Lipinski definition) is 0. The van der Waals surface area contributed by atoms with Gasteiger partial charge in [-0.15, -0.1) is 0 Å². The van der Waals surface area contributed by atoms with Gasteiger partial charge in [-0.1, -0.05) is 41.4 Å². The minimum Gasteiger partial charge on any atom is -0.292 e. The monoisotopic (exact) mass is 303 g/mol. The van der Waals surface area contributed by atoms with Crippen molar-refractivity contribution in [3.63, 3.8) is 0 Å². The lowest BCUT2D eigenvalue weighted by molar-refractivity contribution is 0.0979. The van der Waals surface area contributed by atoms with Crippen LogP contribution in [-0.4, -0.2) is 5.78 Å². The smallest absolute Gasteiger partial charge is 0.184 e. The summed E-state index contributed by atoms with van der Waals surface area (Å²) in [5, 5.41) is 10.2. The van der Waals surface area contributed by atoms with Crippen molar-refractivity contribution in [1.29, 1.82) is 5.26 Å². The number of benzene rings is 2. The molecule has 1 unspecified atom stereocenters. The largest absolute Gasteiger partial charge is 0.292 e. The highest BCUT2D eigenvalue weighted by Crippen LogP contribution is 2.28. The summed E-state index contributed by atoms with van der Waals surface area (Å²) < 4.78 is 0. The number of carbonyl (C=O) groups excluding carboxylic acids is 1. The third kappa shape index (κ3) is 3.01. The average Bonchev–Trinajstić information content (AvgIpc) is 2.40. The minimum atomic E-state index is -0.929. The normalized spacial score (nSPS) is 11.7. The first-order chi connectivity index (χ1) is 9.52. The molecule has 0 N–H and O–H groups in total. The summed E-state index contributed by atoms with van der Waals surface area (Å²) in [6.07, 6.45) is 0. The van der Waals surface area contributed by atoms with Gasteiger partial charge in [-0.3, -0.25) is 4.79 Å². The van der Waals surface area contributed by atoms with Crippen molar-refractivity contribution in [1.82, 2.24) is 0 Å². The molecular weight excluding hydrogens is 293 g/mol. The topological polar surface area (TPSA) is 40.9 Å². The Balaban J connectivity index is 2.45. The molecule has 0 aliphatic heterocycles. The van der Waals surface area contributed by atoms with Crippen LogP contribution in [0.4, 0.5) is 0 Å². The number of nitriles is 1. The molecule has 2 rings (SSSR count). The van der Waals surface area contributed by atoms with Gasteiger partial charge in [0.15, 0.2) is 5.78 Å². The minimum absolute atomic E-state index is 0.300. The number of nitrogens with zero attached hydrogens (tertiary/aromatic N) is 1. The SMILES string of the molecule is Cc1cc(Cl)cc(C(=O)C(C#N)c2ccccc2Cl)c1. The predicted molar refractivity (Wildman–Crippen MR) is 80.3 cm³/mol. The zero-order valence-corrected chi connectivity index (χ0v) is 12.2. The number of aryl methyl sites for hydroxylation is 1. The molecule has 0 fully saturated rings. The summed E-state index contributed by atoms with van der Waals surface area (Å²) in [6.45, 7) is 1.85. The summed E-state index contributed by atoms with van der Waals surface area (Å²) in [5.74, 6) is -1.23. The summed E-state index contributed by atoms with van der Waals surface area (Å²) in [4.78, 5) is 12.5. The number of rotatable bonds is 3. The van der Waals surface area contributed by atoms with E-state index in [0.29, 0.717) is 21.2 Å². The summed E-state index contributed by atoms with van der Waals surface area (Å²) in [6, 6.07) is 13.9. The number of halogens is 2. The molecule has 0 heterocycles. The first-order valence-corrected chi connectivity index (χ1v) is 6.74. The van der Waals surface area contributed by atoms with Crippen LogP contribution in [0.1, 0.15) is 27.4 Å². The van der Waals surface area contributed by atoms with Crippen LogP contribution in [0.2, 0.25) is 10.0 Å². The van der Waals surface area contributed by atoms with Gasteiger partial charge in [-0.2, -0.15) is 5.26 Å². The Morgan fingerprint density at radius 1 is 1.20 bits per heavy atom. The Labute approximate surface area is 127 Å². The van der Waals surface area contributed by atoms with Crippen molar-refractivity contribution in [2.24, 2.45) is 0 Å². The third-order valence-electron chi connectivity index (χ3n) is 2.93. The lowest BCUT2D eigenvalue weighted by Gasteiger charge is -2.11. The second-order valence-electron chi connectivity index (χ2n) is 4.47. The van der Waals surface area contributed by atoms with E-state index in [1.165, 1.54) is 0 Å². The number of carbonyl (C=O) groups is 1. The predicted octanol–water partition coefficient (Wildman–Crippen LogP) is 4.79. The summed E-state index contributed by atoms with van der Waals surface area (Å²) >= 11 is 12.0. The third-order valence-corrected chi connectivity index (χ3v) is 3.50. The molecule has 0 bridgehead atoms. The molecule has 20 heavy (non-hydrogen) atoms. The molecule has 0 saturated heterocycles. The first kappa shape index (κ1) is 14.6. The molecule has 2 aromatic rings. The number of Topliss-reactive ketones (excluding diaryl/α,β-unsaturated/α-hetero) is 1. The van der Waals surface area contributed by atoms with Gasteiger partial charge in [-0.05, 0) is 42.3 Å². The Hall–Kier alpha value is -1.82. The highest BCUT2D eigenvalue weighted by Gasteiger charge is 2.24. The van der Waals surface area contributed by atoms with Crippen LogP contribution >= 0.6 is 23.2 Å². The Morgan fingerprint density at radius 3 is 2.50 bits per heavy atom. The standard InChI is InChI=1S/C16H11Cl2NO/c1-10-6-11(8-12(17)7-10)16(20)14(9-19)13-4-2-3-5-15(13)18/h2-8,14H,1H3. The second kappa shape index (κ2) is 6.09. The van der Waals surface area contributed by atoms with Gasteiger partial charge in [-0.25, -0.2) is 0 Å². The Kier molecular flexibility index (Phi) is 4.44. The van der Waals surface area contributed by atoms with Crippen molar-refractivity contribution < 1.29 is 4.79 Å². The fraction of sp³-hybridized carbons (Fsp3) is 0.125. The van der Waals surface area contributed by atoms with Crippen molar-refractivity contribution in [3.8, 4) is 6.07 Å². The van der Waals surface area contributed by atoms with Crippen LogP contribution < -0.4 is 0 Å². The lowest BCUT2D eigenvalue weighted by Crippen LogP contribution is -2.12. The average molecular weight is 304 g/mol. The van der Waals surface area contributed by atoms with Gasteiger partial charge in [0.25, 0.3) is 0 Å². The molecular formula is C16H11Cl2NO. The molecule has 0 aromatic heterocycles. The van der Waals surface area contributed by atoms with E-state index in [1.54, 1.807) is 42.5 Å². The molecule has 0 aliphatic carbocycles. The zero-order chi connectivity index (χ0) is 14.7. The van der Waals surface area contributed by atoms with Gasteiger partial charge in [0, 0.05) is 15.6 Å². The molecule has 0 spiro atoms. The van der Waals surface area contributed by atoms with E-state index in [9.17, 15) is 10.1 Å². The molecule has 0 amide bonds. The van der Waals surface area contributed by atoms with Crippen LogP contribution in [0, 0.1) is 18.3 Å². The molecule has 4 heteroatoms. The highest BCUT2D eigenvalue weighted by atomic mass is 35.5. The molecule has 0 radical (unpaired) electrons. The van der Waals surface area contributed by atoms with E-state index in [2.05, 4.69) is 0 Å². The van der Waals surface area contributed by atoms with Crippen molar-refractivity contribution >= 4 is 29.0 Å². The van der Waals surface area contributed by atoms with E-state index in [4.69, 9.17) is 23.2 Å². The molecule has 0 aliphatic rings. The maximum atomic E-state index is 12.5. The lowest BCUT2D eigenvalue weighted by atomic mass is 9.91. The molecule has 0 saturated carbocycles. The van der Waals surface area contributed by atoms with Gasteiger partial charge >= 0.3 is 0 Å². The fourth-order valence-corrected chi connectivity index (χ4v) is 2.56. The molecule has 1 atom stereocenters. The van der Waals surface area contributed by atoms with E-state index in [-0.39, 0.29) is 5.78 Å². The maximum Gasteiger partial charge on any atom is 0.184 e.